The van der Waals surface area contributed by atoms with Crippen LogP contribution in [-0.4, -0.2) is 19.7 Å². The van der Waals surface area contributed by atoms with E-state index < -0.39 is 53.8 Å². The van der Waals surface area contributed by atoms with Gasteiger partial charge in [0.05, 0.1) is 19.7 Å². The van der Waals surface area contributed by atoms with Gasteiger partial charge in [0.15, 0.2) is 0 Å². The van der Waals surface area contributed by atoms with Crippen LogP contribution in [0.2, 0.25) is 0 Å². The highest BCUT2D eigenvalue weighted by atomic mass is 16.6. The number of nitro benzene ring substituents is 4. The number of aryl methyl sites for hydroxylation is 2. The van der Waals surface area contributed by atoms with Crippen LogP contribution in [0.5, 0.6) is 0 Å². The fourth-order valence-electron chi connectivity index (χ4n) is 2.34. The highest BCUT2D eigenvalue weighted by Gasteiger charge is 2.29. The summed E-state index contributed by atoms with van der Waals surface area (Å²) in [5, 5.41) is 51.7. The number of rotatable bonds is 6. The van der Waals surface area contributed by atoms with E-state index in [0.717, 1.165) is 24.3 Å². The molecule has 2 aromatic rings. The van der Waals surface area contributed by atoms with Gasteiger partial charge >= 0.3 is 22.7 Å². The lowest BCUT2D eigenvalue weighted by atomic mass is 10.1. The maximum absolute atomic E-state index is 11.2. The molecule has 28 heavy (non-hydrogen) atoms. The summed E-state index contributed by atoms with van der Waals surface area (Å²) >= 11 is 0. The van der Waals surface area contributed by atoms with E-state index in [1.807, 2.05) is 0 Å². The average Bonchev–Trinajstić information content (AvgIpc) is 2.59. The van der Waals surface area contributed by atoms with E-state index in [0.29, 0.717) is 0 Å². The van der Waals surface area contributed by atoms with E-state index >= 15 is 0 Å². The Morgan fingerprint density at radius 2 is 0.786 bits per heavy atom. The van der Waals surface area contributed by atoms with E-state index in [2.05, 4.69) is 10.2 Å². The van der Waals surface area contributed by atoms with Gasteiger partial charge in [0.25, 0.3) is 0 Å². The third kappa shape index (κ3) is 3.90. The molecule has 2 aromatic carbocycles. The van der Waals surface area contributed by atoms with Gasteiger partial charge < -0.3 is 0 Å². The zero-order chi connectivity index (χ0) is 21.2. The first-order valence-corrected chi connectivity index (χ1v) is 7.31. The van der Waals surface area contributed by atoms with Gasteiger partial charge in [-0.2, -0.15) is 0 Å². The van der Waals surface area contributed by atoms with Gasteiger partial charge in [-0.1, -0.05) is 0 Å². The standard InChI is InChI=1S/C14H10N6O8/c1-7-3-9(17(21)22)13(10(4-7)18(23)24)15-16-14-11(19(25)26)5-8(2)6-12(14)20(27)28/h3-6H,1-2H3. The molecule has 0 radical (unpaired) electrons. The monoisotopic (exact) mass is 390 g/mol. The van der Waals surface area contributed by atoms with Crippen molar-refractivity contribution in [3.05, 3.63) is 75.8 Å². The molecule has 14 heteroatoms. The molecule has 2 rings (SSSR count). The van der Waals surface area contributed by atoms with Crippen LogP contribution in [0.25, 0.3) is 0 Å². The molecular weight excluding hydrogens is 380 g/mol. The average molecular weight is 390 g/mol. The first kappa shape index (κ1) is 20.0. The van der Waals surface area contributed by atoms with Crippen molar-refractivity contribution in [2.75, 3.05) is 0 Å². The van der Waals surface area contributed by atoms with Crippen molar-refractivity contribution in [1.29, 1.82) is 0 Å². The fourth-order valence-corrected chi connectivity index (χ4v) is 2.34. The van der Waals surface area contributed by atoms with Gasteiger partial charge in [-0.3, -0.25) is 40.5 Å². The van der Waals surface area contributed by atoms with Gasteiger partial charge in [-0.05, 0) is 25.0 Å². The van der Waals surface area contributed by atoms with Gasteiger partial charge in [0, 0.05) is 24.3 Å². The smallest absolute Gasteiger partial charge is 0.258 e. The SMILES string of the molecule is Cc1cc([N+](=O)[O-])c(N=Nc2c([N+](=O)[O-])cc(C)cc2[N+](=O)[O-])c([N+](=O)[O-])c1. The van der Waals surface area contributed by atoms with Crippen LogP contribution in [-0.2, 0) is 0 Å². The summed E-state index contributed by atoms with van der Waals surface area (Å²) in [6, 6.07) is 4.00. The second-order valence-electron chi connectivity index (χ2n) is 5.53. The first-order chi connectivity index (χ1) is 13.0. The van der Waals surface area contributed by atoms with Crippen LogP contribution < -0.4 is 0 Å². The predicted octanol–water partition coefficient (Wildman–Crippen LogP) is 4.35. The number of hydrogen-bond donors (Lipinski definition) is 0. The van der Waals surface area contributed by atoms with Crippen molar-refractivity contribution < 1.29 is 19.7 Å². The lowest BCUT2D eigenvalue weighted by Gasteiger charge is -2.02. The summed E-state index contributed by atoms with van der Waals surface area (Å²) in [5.74, 6) is 0. The van der Waals surface area contributed by atoms with Crippen molar-refractivity contribution in [2.45, 2.75) is 13.8 Å². The molecule has 0 bridgehead atoms. The molecule has 0 aliphatic heterocycles. The molecule has 0 aliphatic carbocycles. The minimum absolute atomic E-state index is 0.199. The van der Waals surface area contributed by atoms with Crippen molar-refractivity contribution in [2.24, 2.45) is 10.2 Å². The Morgan fingerprint density at radius 3 is 0.964 bits per heavy atom. The Kier molecular flexibility index (Phi) is 5.33. The molecule has 0 amide bonds. The van der Waals surface area contributed by atoms with Crippen LogP contribution in [0.3, 0.4) is 0 Å². The molecule has 0 saturated heterocycles. The number of hydrogen-bond acceptors (Lipinski definition) is 10. The molecule has 0 spiro atoms. The lowest BCUT2D eigenvalue weighted by Crippen LogP contribution is -1.96. The summed E-state index contributed by atoms with van der Waals surface area (Å²) in [7, 11) is 0. The fraction of sp³-hybridized carbons (Fsp3) is 0.143. The quantitative estimate of drug-likeness (QED) is 0.393. The molecule has 0 fully saturated rings. The maximum atomic E-state index is 11.2. The molecule has 0 aliphatic rings. The Morgan fingerprint density at radius 1 is 0.571 bits per heavy atom. The van der Waals surface area contributed by atoms with Gasteiger partial charge in [-0.15, -0.1) is 10.2 Å². The molecule has 14 nitrogen and oxygen atoms in total. The Hall–Kier alpha value is -4.36. The van der Waals surface area contributed by atoms with Gasteiger partial charge in [-0.25, -0.2) is 0 Å². The number of azo groups is 1. The van der Waals surface area contributed by atoms with Crippen LogP contribution >= 0.6 is 0 Å². The van der Waals surface area contributed by atoms with Crippen molar-refractivity contribution in [1.82, 2.24) is 0 Å². The van der Waals surface area contributed by atoms with Crippen LogP contribution in [0.4, 0.5) is 34.1 Å². The van der Waals surface area contributed by atoms with Crippen molar-refractivity contribution in [3.63, 3.8) is 0 Å². The third-order valence-corrected chi connectivity index (χ3v) is 3.46. The second kappa shape index (κ2) is 7.48. The summed E-state index contributed by atoms with van der Waals surface area (Å²) in [6.45, 7) is 2.77. The van der Waals surface area contributed by atoms with E-state index in [1.54, 1.807) is 0 Å². The largest absolute Gasteiger partial charge is 0.304 e. The van der Waals surface area contributed by atoms with Crippen molar-refractivity contribution >= 4 is 34.1 Å². The molecule has 144 valence electrons. The normalized spacial score (nSPS) is 10.8. The molecule has 0 heterocycles. The minimum atomic E-state index is -0.938. The molecular formula is C14H10N6O8. The number of benzene rings is 2. The van der Waals surface area contributed by atoms with E-state index in [1.165, 1.54) is 13.8 Å². The Labute approximate surface area is 154 Å². The maximum Gasteiger partial charge on any atom is 0.304 e. The zero-order valence-electron chi connectivity index (χ0n) is 14.3. The summed E-state index contributed by atoms with van der Waals surface area (Å²) in [6.07, 6.45) is 0. The number of nitrogens with zero attached hydrogens (tertiary/aromatic N) is 6. The Bertz CT molecular complexity index is 910. The molecule has 0 saturated carbocycles. The van der Waals surface area contributed by atoms with Crippen LogP contribution in [0.15, 0.2) is 34.5 Å². The minimum Gasteiger partial charge on any atom is -0.258 e. The summed E-state index contributed by atoms with van der Waals surface area (Å²) in [5.41, 5.74) is -4.26. The van der Waals surface area contributed by atoms with E-state index in [9.17, 15) is 40.5 Å². The molecule has 0 atom stereocenters. The molecule has 0 unspecified atom stereocenters. The predicted molar refractivity (Wildman–Crippen MR) is 93.2 cm³/mol. The van der Waals surface area contributed by atoms with Gasteiger partial charge in [0.2, 0.25) is 11.4 Å². The van der Waals surface area contributed by atoms with Gasteiger partial charge in [0.1, 0.15) is 0 Å². The highest BCUT2D eigenvalue weighted by Crippen LogP contribution is 2.42. The third-order valence-electron chi connectivity index (χ3n) is 3.46. The van der Waals surface area contributed by atoms with E-state index in [4.69, 9.17) is 0 Å². The highest BCUT2D eigenvalue weighted by molar-refractivity contribution is 5.74. The Balaban J connectivity index is 2.80. The van der Waals surface area contributed by atoms with E-state index in [-0.39, 0.29) is 11.1 Å². The lowest BCUT2D eigenvalue weighted by molar-refractivity contribution is -0.393. The molecule has 0 N–H and O–H groups in total. The van der Waals surface area contributed by atoms with Crippen LogP contribution in [0.1, 0.15) is 11.1 Å². The second-order valence-corrected chi connectivity index (χ2v) is 5.53. The summed E-state index contributed by atoms with van der Waals surface area (Å²) in [4.78, 5) is 41.1. The zero-order valence-corrected chi connectivity index (χ0v) is 14.3. The summed E-state index contributed by atoms with van der Waals surface area (Å²) < 4.78 is 0. The number of nitro groups is 4. The first-order valence-electron chi connectivity index (χ1n) is 7.31. The van der Waals surface area contributed by atoms with Crippen molar-refractivity contribution in [3.8, 4) is 0 Å². The topological polar surface area (TPSA) is 197 Å². The molecule has 0 aromatic heterocycles. The van der Waals surface area contributed by atoms with Crippen LogP contribution in [0, 0.1) is 54.3 Å².